The van der Waals surface area contributed by atoms with Crippen LogP contribution in [-0.4, -0.2) is 20.4 Å². The molecule has 3 aromatic rings. The van der Waals surface area contributed by atoms with Crippen molar-refractivity contribution >= 4 is 22.5 Å². The molecule has 6 nitrogen and oxygen atoms in total. The summed E-state index contributed by atoms with van der Waals surface area (Å²) in [5.74, 6) is -2.04. The van der Waals surface area contributed by atoms with E-state index in [2.05, 4.69) is 15.3 Å². The number of aromatic nitrogens is 3. The lowest BCUT2D eigenvalue weighted by molar-refractivity contribution is -0.116. The largest absolute Gasteiger partial charge is 0.326 e. The maximum Gasteiger partial charge on any atom is 0.261 e. The number of carbonyl (C=O) groups is 1. The summed E-state index contributed by atoms with van der Waals surface area (Å²) in [7, 11) is 0. The number of nitrogens with one attached hydrogen (secondary N) is 1. The number of benzene rings is 1. The van der Waals surface area contributed by atoms with Gasteiger partial charge in [-0.05, 0) is 18.2 Å². The number of pyridine rings is 1. The number of hydrogen-bond acceptors (Lipinski definition) is 4. The highest BCUT2D eigenvalue weighted by Crippen LogP contribution is 2.13. The van der Waals surface area contributed by atoms with Crippen LogP contribution in [0.15, 0.2) is 47.8 Å². The minimum Gasteiger partial charge on any atom is -0.326 e. The summed E-state index contributed by atoms with van der Waals surface area (Å²) in [4.78, 5) is 32.1. The summed E-state index contributed by atoms with van der Waals surface area (Å²) < 4.78 is 27.5. The first kappa shape index (κ1) is 15.7. The third-order valence-electron chi connectivity index (χ3n) is 3.35. The van der Waals surface area contributed by atoms with Gasteiger partial charge in [0.25, 0.3) is 5.56 Å². The maximum atomic E-state index is 13.1. The van der Waals surface area contributed by atoms with Crippen molar-refractivity contribution in [2.24, 2.45) is 0 Å². The second-order valence-corrected chi connectivity index (χ2v) is 5.09. The normalized spacial score (nSPS) is 10.8. The molecule has 2 aromatic heterocycles. The van der Waals surface area contributed by atoms with Gasteiger partial charge in [0, 0.05) is 30.9 Å². The van der Waals surface area contributed by atoms with Crippen molar-refractivity contribution in [1.29, 1.82) is 0 Å². The molecule has 0 bridgehead atoms. The highest BCUT2D eigenvalue weighted by Gasteiger charge is 2.08. The molecule has 0 atom stereocenters. The second-order valence-electron chi connectivity index (χ2n) is 5.09. The molecule has 0 saturated heterocycles. The molecule has 1 aromatic carbocycles. The Morgan fingerprint density at radius 2 is 1.96 bits per heavy atom. The van der Waals surface area contributed by atoms with E-state index in [1.165, 1.54) is 23.3 Å². The topological polar surface area (TPSA) is 76.9 Å². The molecule has 24 heavy (non-hydrogen) atoms. The van der Waals surface area contributed by atoms with E-state index < -0.39 is 17.5 Å². The summed E-state index contributed by atoms with van der Waals surface area (Å²) in [5, 5.41) is 2.79. The van der Waals surface area contributed by atoms with Crippen molar-refractivity contribution in [2.75, 3.05) is 5.32 Å². The lowest BCUT2D eigenvalue weighted by Gasteiger charge is -2.08. The van der Waals surface area contributed by atoms with E-state index in [1.54, 1.807) is 6.07 Å². The van der Waals surface area contributed by atoms with E-state index in [0.29, 0.717) is 17.0 Å². The van der Waals surface area contributed by atoms with Crippen LogP contribution in [0, 0.1) is 11.6 Å². The standard InChI is InChI=1S/C16H12F2N4O2/c17-10-5-11(18)7-12(6-10)21-15(23)2-4-22-9-20-14-8-19-3-1-13(14)16(22)24/h1,3,5-9H,2,4H2,(H,21,23). The van der Waals surface area contributed by atoms with Gasteiger partial charge >= 0.3 is 0 Å². The molecule has 0 unspecified atom stereocenters. The Morgan fingerprint density at radius 3 is 2.71 bits per heavy atom. The van der Waals surface area contributed by atoms with Gasteiger partial charge in [-0.3, -0.25) is 19.1 Å². The zero-order chi connectivity index (χ0) is 17.1. The number of fused-ring (bicyclic) bond motifs is 1. The minimum absolute atomic E-state index is 0.0209. The average Bonchev–Trinajstić information content (AvgIpc) is 2.53. The molecular weight excluding hydrogens is 318 g/mol. The van der Waals surface area contributed by atoms with Crippen molar-refractivity contribution in [3.8, 4) is 0 Å². The van der Waals surface area contributed by atoms with E-state index in [4.69, 9.17) is 0 Å². The van der Waals surface area contributed by atoms with Gasteiger partial charge in [0.1, 0.15) is 11.6 Å². The fraction of sp³-hybridized carbons (Fsp3) is 0.125. The van der Waals surface area contributed by atoms with E-state index in [-0.39, 0.29) is 24.2 Å². The zero-order valence-corrected chi connectivity index (χ0v) is 12.4. The monoisotopic (exact) mass is 330 g/mol. The van der Waals surface area contributed by atoms with Gasteiger partial charge in [-0.2, -0.15) is 0 Å². The third kappa shape index (κ3) is 3.43. The Hall–Kier alpha value is -3.16. The van der Waals surface area contributed by atoms with Gasteiger partial charge < -0.3 is 5.32 Å². The molecule has 0 aliphatic rings. The van der Waals surface area contributed by atoms with Crippen LogP contribution in [0.2, 0.25) is 0 Å². The Balaban J connectivity index is 1.70. The van der Waals surface area contributed by atoms with Crippen LogP contribution < -0.4 is 10.9 Å². The molecule has 122 valence electrons. The van der Waals surface area contributed by atoms with Crippen LogP contribution in [0.25, 0.3) is 10.9 Å². The van der Waals surface area contributed by atoms with Crippen molar-refractivity contribution in [1.82, 2.24) is 14.5 Å². The molecular formula is C16H12F2N4O2. The Kier molecular flexibility index (Phi) is 4.28. The lowest BCUT2D eigenvalue weighted by Crippen LogP contribution is -2.23. The molecule has 0 fully saturated rings. The summed E-state index contributed by atoms with van der Waals surface area (Å²) in [6.45, 7) is 0.0910. The Morgan fingerprint density at radius 1 is 1.21 bits per heavy atom. The first-order chi connectivity index (χ1) is 11.5. The zero-order valence-electron chi connectivity index (χ0n) is 12.4. The van der Waals surface area contributed by atoms with Crippen LogP contribution in [0.4, 0.5) is 14.5 Å². The molecule has 0 aliphatic heterocycles. The summed E-state index contributed by atoms with van der Waals surface area (Å²) in [5.41, 5.74) is 0.206. The molecule has 0 spiro atoms. The number of rotatable bonds is 4. The van der Waals surface area contributed by atoms with Crippen LogP contribution in [-0.2, 0) is 11.3 Å². The fourth-order valence-corrected chi connectivity index (χ4v) is 2.24. The highest BCUT2D eigenvalue weighted by atomic mass is 19.1. The van der Waals surface area contributed by atoms with Gasteiger partial charge in [0.2, 0.25) is 5.91 Å². The highest BCUT2D eigenvalue weighted by molar-refractivity contribution is 5.90. The molecule has 0 radical (unpaired) electrons. The third-order valence-corrected chi connectivity index (χ3v) is 3.35. The van der Waals surface area contributed by atoms with Crippen LogP contribution in [0.1, 0.15) is 6.42 Å². The van der Waals surface area contributed by atoms with Crippen molar-refractivity contribution in [3.05, 3.63) is 65.0 Å². The van der Waals surface area contributed by atoms with Crippen LogP contribution in [0.5, 0.6) is 0 Å². The van der Waals surface area contributed by atoms with E-state index >= 15 is 0 Å². The molecule has 1 N–H and O–H groups in total. The molecule has 1 amide bonds. The Labute approximate surface area is 134 Å². The smallest absolute Gasteiger partial charge is 0.261 e. The molecule has 8 heteroatoms. The molecule has 2 heterocycles. The second kappa shape index (κ2) is 6.53. The minimum atomic E-state index is -0.783. The van der Waals surface area contributed by atoms with Crippen LogP contribution >= 0.6 is 0 Å². The predicted molar refractivity (Wildman–Crippen MR) is 83.4 cm³/mol. The van der Waals surface area contributed by atoms with Crippen molar-refractivity contribution in [2.45, 2.75) is 13.0 Å². The first-order valence-corrected chi connectivity index (χ1v) is 7.08. The molecule has 3 rings (SSSR count). The van der Waals surface area contributed by atoms with Gasteiger partial charge in [-0.1, -0.05) is 0 Å². The van der Waals surface area contributed by atoms with E-state index in [1.807, 2.05) is 0 Å². The fourth-order valence-electron chi connectivity index (χ4n) is 2.24. The number of halogens is 2. The van der Waals surface area contributed by atoms with Gasteiger partial charge in [-0.15, -0.1) is 0 Å². The number of amides is 1. The SMILES string of the molecule is O=C(CCn1cnc2cnccc2c1=O)Nc1cc(F)cc(F)c1. The van der Waals surface area contributed by atoms with Gasteiger partial charge in [0.15, 0.2) is 0 Å². The summed E-state index contributed by atoms with van der Waals surface area (Å²) in [6.07, 6.45) is 4.25. The molecule has 0 saturated carbocycles. The first-order valence-electron chi connectivity index (χ1n) is 7.08. The van der Waals surface area contributed by atoms with Crippen molar-refractivity contribution in [3.63, 3.8) is 0 Å². The molecule has 0 aliphatic carbocycles. The average molecular weight is 330 g/mol. The van der Waals surface area contributed by atoms with Crippen molar-refractivity contribution < 1.29 is 13.6 Å². The number of nitrogens with zero attached hydrogens (tertiary/aromatic N) is 3. The number of hydrogen-bond donors (Lipinski definition) is 1. The van der Waals surface area contributed by atoms with E-state index in [0.717, 1.165) is 12.1 Å². The lowest BCUT2D eigenvalue weighted by atomic mass is 10.2. The van der Waals surface area contributed by atoms with E-state index in [9.17, 15) is 18.4 Å². The number of anilines is 1. The summed E-state index contributed by atoms with van der Waals surface area (Å²) >= 11 is 0. The number of aryl methyl sites for hydroxylation is 1. The number of carbonyl (C=O) groups excluding carboxylic acids is 1. The van der Waals surface area contributed by atoms with Crippen LogP contribution in [0.3, 0.4) is 0 Å². The predicted octanol–water partition coefficient (Wildman–Crippen LogP) is 2.10. The summed E-state index contributed by atoms with van der Waals surface area (Å²) in [6, 6.07) is 4.29. The Bertz CT molecular complexity index is 951. The van der Waals surface area contributed by atoms with Gasteiger partial charge in [-0.25, -0.2) is 13.8 Å². The quantitative estimate of drug-likeness (QED) is 0.795. The van der Waals surface area contributed by atoms with Gasteiger partial charge in [0.05, 0.1) is 23.4 Å². The maximum absolute atomic E-state index is 13.1.